The molecule has 2 saturated carbocycles. The van der Waals surface area contributed by atoms with E-state index >= 15 is 0 Å². The molecule has 0 bridgehead atoms. The number of thiazole rings is 1. The van der Waals surface area contributed by atoms with E-state index in [1.54, 1.807) is 13.8 Å². The summed E-state index contributed by atoms with van der Waals surface area (Å²) in [6, 6.07) is 0.172. The van der Waals surface area contributed by atoms with Crippen molar-refractivity contribution in [1.29, 1.82) is 0 Å². The third kappa shape index (κ3) is 7.38. The Morgan fingerprint density at radius 1 is 1.09 bits per heavy atom. The van der Waals surface area contributed by atoms with Crippen molar-refractivity contribution in [3.05, 3.63) is 6.20 Å². The average molecular weight is 500 g/mol. The van der Waals surface area contributed by atoms with Gasteiger partial charge in [0.05, 0.1) is 12.7 Å². The maximum absolute atomic E-state index is 13.3. The summed E-state index contributed by atoms with van der Waals surface area (Å²) in [5.41, 5.74) is 0. The summed E-state index contributed by atoms with van der Waals surface area (Å²) in [4.78, 5) is 31.2. The minimum absolute atomic E-state index is 0.0362. The average Bonchev–Trinajstić information content (AvgIpc) is 3.24. The number of urea groups is 1. The Labute approximate surface area is 201 Å². The molecule has 9 nitrogen and oxygen atoms in total. The number of sulfonamides is 1. The lowest BCUT2D eigenvalue weighted by atomic mass is 9.84. The molecule has 0 atom stereocenters. The fraction of sp³-hybridized carbons (Fsp3) is 0.773. The summed E-state index contributed by atoms with van der Waals surface area (Å²) in [5, 5.41) is 5.74. The Morgan fingerprint density at radius 3 is 2.36 bits per heavy atom. The van der Waals surface area contributed by atoms with Crippen molar-refractivity contribution in [3.8, 4) is 0 Å². The fourth-order valence-electron chi connectivity index (χ4n) is 4.71. The number of amides is 3. The summed E-state index contributed by atoms with van der Waals surface area (Å²) >= 11 is 0.893. The lowest BCUT2D eigenvalue weighted by molar-refractivity contribution is -0.120. The summed E-state index contributed by atoms with van der Waals surface area (Å²) in [5.74, 6) is 0.288. The smallest absolute Gasteiger partial charge is 0.324 e. The molecule has 0 saturated heterocycles. The lowest BCUT2D eigenvalue weighted by Gasteiger charge is -2.42. The number of anilines is 1. The third-order valence-corrected chi connectivity index (χ3v) is 9.19. The highest BCUT2D eigenvalue weighted by Gasteiger charge is 2.34. The van der Waals surface area contributed by atoms with Crippen LogP contribution in [0.15, 0.2) is 10.4 Å². The minimum Gasteiger partial charge on any atom is -0.353 e. The first kappa shape index (κ1) is 25.9. The highest BCUT2D eigenvalue weighted by molar-refractivity contribution is 7.91. The Morgan fingerprint density at radius 2 is 1.73 bits per heavy atom. The second-order valence-corrected chi connectivity index (χ2v) is 12.6. The van der Waals surface area contributed by atoms with Gasteiger partial charge in [-0.3, -0.25) is 10.1 Å². The van der Waals surface area contributed by atoms with E-state index in [-0.39, 0.29) is 40.0 Å². The zero-order valence-electron chi connectivity index (χ0n) is 19.8. The maximum Gasteiger partial charge on any atom is 0.324 e. The highest BCUT2D eigenvalue weighted by Crippen LogP contribution is 2.33. The van der Waals surface area contributed by atoms with Crippen LogP contribution in [0, 0.1) is 5.92 Å². The third-order valence-electron chi connectivity index (χ3n) is 6.42. The van der Waals surface area contributed by atoms with E-state index in [9.17, 15) is 18.0 Å². The number of hydrogen-bond donors (Lipinski definition) is 3. The predicted molar refractivity (Wildman–Crippen MR) is 130 cm³/mol. The van der Waals surface area contributed by atoms with Crippen LogP contribution in [0.4, 0.5) is 9.93 Å². The summed E-state index contributed by atoms with van der Waals surface area (Å²) in [6.07, 6.45) is 11.0. The van der Waals surface area contributed by atoms with E-state index in [2.05, 4.69) is 27.3 Å². The largest absolute Gasteiger partial charge is 0.353 e. The van der Waals surface area contributed by atoms with E-state index in [1.807, 2.05) is 4.90 Å². The standard InChI is InChI=1S/C22H37N5O4S2/c1-15(2)25-19(28)13-24-33(30,31)20-14-23-21(32-20)26-22(29)27(17-7-5-4-6-8-17)18-11-9-16(3)10-12-18/h14-18,24H,4-13H2,1-3H3,(H,25,28)(H,23,26,29). The van der Waals surface area contributed by atoms with E-state index in [4.69, 9.17) is 0 Å². The minimum atomic E-state index is -3.89. The van der Waals surface area contributed by atoms with Gasteiger partial charge in [-0.05, 0) is 58.3 Å². The van der Waals surface area contributed by atoms with Gasteiger partial charge >= 0.3 is 6.03 Å². The number of rotatable bonds is 8. The van der Waals surface area contributed by atoms with Crippen LogP contribution in [0.5, 0.6) is 0 Å². The van der Waals surface area contributed by atoms with E-state index in [1.165, 1.54) is 12.6 Å². The summed E-state index contributed by atoms with van der Waals surface area (Å²) in [6.45, 7) is 5.51. The quantitative estimate of drug-likeness (QED) is 0.504. The van der Waals surface area contributed by atoms with E-state index in [0.717, 1.165) is 62.7 Å². The van der Waals surface area contributed by atoms with Crippen molar-refractivity contribution in [2.75, 3.05) is 11.9 Å². The SMILES string of the molecule is CC1CCC(N(C(=O)Nc2ncc(S(=O)(=O)NCC(=O)NC(C)C)s2)C2CCCCC2)CC1. The van der Waals surface area contributed by atoms with Crippen molar-refractivity contribution in [2.45, 2.75) is 101 Å². The van der Waals surface area contributed by atoms with Crippen molar-refractivity contribution in [3.63, 3.8) is 0 Å². The molecule has 0 spiro atoms. The van der Waals surface area contributed by atoms with Gasteiger partial charge in [0.2, 0.25) is 5.91 Å². The second kappa shape index (κ2) is 11.6. The van der Waals surface area contributed by atoms with Gasteiger partial charge < -0.3 is 10.2 Å². The molecule has 0 aromatic carbocycles. The Hall–Kier alpha value is -1.72. The molecule has 0 unspecified atom stereocenters. The lowest BCUT2D eigenvalue weighted by Crippen LogP contribution is -2.51. The number of nitrogens with one attached hydrogen (secondary N) is 3. The number of nitrogens with zero attached hydrogens (tertiary/aromatic N) is 2. The van der Waals surface area contributed by atoms with Gasteiger partial charge in [0.1, 0.15) is 0 Å². The van der Waals surface area contributed by atoms with Gasteiger partial charge in [0.25, 0.3) is 10.0 Å². The van der Waals surface area contributed by atoms with E-state index in [0.29, 0.717) is 5.92 Å². The number of aromatic nitrogens is 1. The Kier molecular flexibility index (Phi) is 9.11. The van der Waals surface area contributed by atoms with Gasteiger partial charge in [0, 0.05) is 18.1 Å². The monoisotopic (exact) mass is 499 g/mol. The van der Waals surface area contributed by atoms with Crippen molar-refractivity contribution < 1.29 is 18.0 Å². The molecular weight excluding hydrogens is 462 g/mol. The topological polar surface area (TPSA) is 120 Å². The second-order valence-electron chi connectivity index (χ2n) is 9.57. The Balaban J connectivity index is 1.65. The van der Waals surface area contributed by atoms with E-state index < -0.39 is 15.9 Å². The molecule has 2 aliphatic rings. The molecule has 1 aromatic rings. The van der Waals surface area contributed by atoms with Crippen LogP contribution in [0.3, 0.4) is 0 Å². The summed E-state index contributed by atoms with van der Waals surface area (Å²) < 4.78 is 27.3. The molecule has 186 valence electrons. The van der Waals surface area contributed by atoms with Gasteiger partial charge in [0.15, 0.2) is 9.34 Å². The first-order chi connectivity index (χ1) is 15.7. The number of carbonyl (C=O) groups is 2. The first-order valence-electron chi connectivity index (χ1n) is 12.0. The molecule has 0 radical (unpaired) electrons. The first-order valence-corrected chi connectivity index (χ1v) is 14.3. The fourth-order valence-corrected chi connectivity index (χ4v) is 6.76. The van der Waals surface area contributed by atoms with Crippen LogP contribution in [0.2, 0.25) is 0 Å². The van der Waals surface area contributed by atoms with Gasteiger partial charge in [-0.2, -0.15) is 0 Å². The molecular formula is C22H37N5O4S2. The molecule has 2 fully saturated rings. The van der Waals surface area contributed by atoms with Crippen LogP contribution in [-0.2, 0) is 14.8 Å². The normalized spacial score (nSPS) is 22.2. The maximum atomic E-state index is 13.3. The number of hydrogen-bond acceptors (Lipinski definition) is 6. The van der Waals surface area contributed by atoms with Crippen LogP contribution >= 0.6 is 11.3 Å². The molecule has 1 aromatic heterocycles. The molecule has 11 heteroatoms. The van der Waals surface area contributed by atoms with Gasteiger partial charge in [-0.25, -0.2) is 22.9 Å². The zero-order valence-corrected chi connectivity index (χ0v) is 21.4. The van der Waals surface area contributed by atoms with Crippen LogP contribution in [0.25, 0.3) is 0 Å². The van der Waals surface area contributed by atoms with Crippen LogP contribution < -0.4 is 15.4 Å². The van der Waals surface area contributed by atoms with Crippen molar-refractivity contribution >= 4 is 38.4 Å². The van der Waals surface area contributed by atoms with Crippen LogP contribution in [-0.4, -0.2) is 54.9 Å². The van der Waals surface area contributed by atoms with Crippen molar-refractivity contribution in [2.24, 2.45) is 5.92 Å². The molecule has 33 heavy (non-hydrogen) atoms. The van der Waals surface area contributed by atoms with Gasteiger partial charge in [-0.15, -0.1) is 0 Å². The van der Waals surface area contributed by atoms with Crippen molar-refractivity contribution in [1.82, 2.24) is 19.9 Å². The van der Waals surface area contributed by atoms with Gasteiger partial charge in [-0.1, -0.05) is 37.5 Å². The van der Waals surface area contributed by atoms with Crippen LogP contribution in [0.1, 0.15) is 78.6 Å². The molecule has 0 aliphatic heterocycles. The number of carbonyl (C=O) groups excluding carboxylic acids is 2. The molecule has 3 N–H and O–H groups in total. The molecule has 2 aliphatic carbocycles. The summed E-state index contributed by atoms with van der Waals surface area (Å²) in [7, 11) is -3.89. The highest BCUT2D eigenvalue weighted by atomic mass is 32.2. The predicted octanol–water partition coefficient (Wildman–Crippen LogP) is 3.69. The molecule has 1 heterocycles. The zero-order chi connectivity index (χ0) is 24.0. The molecule has 3 amide bonds. The molecule has 3 rings (SSSR count). The Bertz CT molecular complexity index is 904.